The Labute approximate surface area is 142 Å². The van der Waals surface area contributed by atoms with Crippen LogP contribution in [0.4, 0.5) is 0 Å². The van der Waals surface area contributed by atoms with Crippen molar-refractivity contribution in [1.29, 1.82) is 0 Å². The number of nitrogens with zero attached hydrogens (tertiary/aromatic N) is 3. The molecule has 1 aliphatic rings. The lowest BCUT2D eigenvalue weighted by Crippen LogP contribution is -2.48. The van der Waals surface area contributed by atoms with Crippen molar-refractivity contribution in [3.63, 3.8) is 0 Å². The van der Waals surface area contributed by atoms with Gasteiger partial charge in [-0.25, -0.2) is 0 Å². The summed E-state index contributed by atoms with van der Waals surface area (Å²) in [5.41, 5.74) is 1.35. The fraction of sp³-hybridized carbons (Fsp3) is 0.737. The lowest BCUT2D eigenvalue weighted by Gasteiger charge is -2.38. The number of rotatable bonds is 8. The highest BCUT2D eigenvalue weighted by Crippen LogP contribution is 2.24. The maximum atomic E-state index is 4.38. The topological polar surface area (TPSA) is 31.4 Å². The van der Waals surface area contributed by atoms with Crippen LogP contribution in [-0.4, -0.2) is 60.6 Å². The van der Waals surface area contributed by atoms with E-state index < -0.39 is 0 Å². The summed E-state index contributed by atoms with van der Waals surface area (Å²) in [4.78, 5) is 9.66. The van der Waals surface area contributed by atoms with Crippen molar-refractivity contribution in [2.45, 2.75) is 33.7 Å². The van der Waals surface area contributed by atoms with Crippen LogP contribution in [0.1, 0.15) is 39.3 Å². The Morgan fingerprint density at radius 2 is 1.78 bits per heavy atom. The number of hydrogen-bond acceptors (Lipinski definition) is 4. The van der Waals surface area contributed by atoms with Crippen molar-refractivity contribution in [2.24, 2.45) is 11.8 Å². The molecule has 0 spiro atoms. The molecule has 130 valence electrons. The molecule has 4 nitrogen and oxygen atoms in total. The summed E-state index contributed by atoms with van der Waals surface area (Å²) in [6, 6.07) is 4.75. The number of piperazine rings is 1. The molecule has 0 radical (unpaired) electrons. The minimum Gasteiger partial charge on any atom is -0.314 e. The second-order valence-electron chi connectivity index (χ2n) is 7.59. The van der Waals surface area contributed by atoms with Crippen LogP contribution in [0.2, 0.25) is 0 Å². The van der Waals surface area contributed by atoms with E-state index >= 15 is 0 Å². The zero-order valence-corrected chi connectivity index (χ0v) is 15.3. The average molecular weight is 319 g/mol. The van der Waals surface area contributed by atoms with Crippen LogP contribution in [0.15, 0.2) is 24.5 Å². The van der Waals surface area contributed by atoms with Gasteiger partial charge in [-0.1, -0.05) is 33.8 Å². The van der Waals surface area contributed by atoms with Crippen LogP contribution in [0, 0.1) is 11.8 Å². The standard InChI is InChI=1S/C19H34N4/c1-16(2)13-23(14-17(3)4)19(18-6-5-7-21-12-18)15-22-10-8-20-9-11-22/h5-7,12,16-17,19-20H,8-11,13-15H2,1-4H3. The quantitative estimate of drug-likeness (QED) is 0.798. The molecule has 2 heterocycles. The summed E-state index contributed by atoms with van der Waals surface area (Å²) in [6.07, 6.45) is 3.93. The van der Waals surface area contributed by atoms with E-state index in [-0.39, 0.29) is 0 Å². The van der Waals surface area contributed by atoms with Crippen LogP contribution in [0.25, 0.3) is 0 Å². The second kappa shape index (κ2) is 9.36. The third-order valence-electron chi connectivity index (χ3n) is 4.35. The van der Waals surface area contributed by atoms with Crippen molar-refractivity contribution in [1.82, 2.24) is 20.1 Å². The maximum absolute atomic E-state index is 4.38. The van der Waals surface area contributed by atoms with Crippen molar-refractivity contribution in [3.8, 4) is 0 Å². The van der Waals surface area contributed by atoms with Gasteiger partial charge < -0.3 is 5.32 Å². The van der Waals surface area contributed by atoms with Gasteiger partial charge in [0.15, 0.2) is 0 Å². The molecule has 1 aromatic rings. The summed E-state index contributed by atoms with van der Waals surface area (Å²) in [5, 5.41) is 3.45. The van der Waals surface area contributed by atoms with Crippen molar-refractivity contribution >= 4 is 0 Å². The summed E-state index contributed by atoms with van der Waals surface area (Å²) < 4.78 is 0. The Balaban J connectivity index is 2.18. The minimum absolute atomic E-state index is 0.437. The molecular weight excluding hydrogens is 284 g/mol. The molecule has 0 saturated carbocycles. The van der Waals surface area contributed by atoms with Gasteiger partial charge in [-0.15, -0.1) is 0 Å². The van der Waals surface area contributed by atoms with Gasteiger partial charge in [0.2, 0.25) is 0 Å². The molecule has 1 saturated heterocycles. The van der Waals surface area contributed by atoms with Gasteiger partial charge in [0.25, 0.3) is 0 Å². The predicted molar refractivity (Wildman–Crippen MR) is 97.5 cm³/mol. The maximum Gasteiger partial charge on any atom is 0.0490 e. The van der Waals surface area contributed by atoms with Crippen molar-refractivity contribution in [3.05, 3.63) is 30.1 Å². The van der Waals surface area contributed by atoms with E-state index in [1.54, 1.807) is 0 Å². The van der Waals surface area contributed by atoms with E-state index in [0.29, 0.717) is 17.9 Å². The molecule has 1 unspecified atom stereocenters. The van der Waals surface area contributed by atoms with Crippen LogP contribution in [-0.2, 0) is 0 Å². The normalized spacial score (nSPS) is 18.0. The molecule has 0 aliphatic carbocycles. The molecule has 1 atom stereocenters. The van der Waals surface area contributed by atoms with Gasteiger partial charge in [0.1, 0.15) is 0 Å². The summed E-state index contributed by atoms with van der Waals surface area (Å²) in [7, 11) is 0. The molecule has 0 bridgehead atoms. The number of pyridine rings is 1. The Hall–Kier alpha value is -0.970. The molecule has 4 heteroatoms. The molecule has 1 fully saturated rings. The first-order chi connectivity index (χ1) is 11.1. The number of hydrogen-bond donors (Lipinski definition) is 1. The van der Waals surface area contributed by atoms with Gasteiger partial charge in [-0.3, -0.25) is 14.8 Å². The molecule has 1 aliphatic heterocycles. The van der Waals surface area contributed by atoms with Gasteiger partial charge >= 0.3 is 0 Å². The Morgan fingerprint density at radius 3 is 2.30 bits per heavy atom. The van der Waals surface area contributed by atoms with Gasteiger partial charge in [0.05, 0.1) is 0 Å². The van der Waals surface area contributed by atoms with E-state index in [4.69, 9.17) is 0 Å². The summed E-state index contributed by atoms with van der Waals surface area (Å²) in [5.74, 6) is 1.35. The Morgan fingerprint density at radius 1 is 1.13 bits per heavy atom. The van der Waals surface area contributed by atoms with Gasteiger partial charge in [0, 0.05) is 64.2 Å². The predicted octanol–water partition coefficient (Wildman–Crippen LogP) is 2.64. The van der Waals surface area contributed by atoms with Gasteiger partial charge in [-0.2, -0.15) is 0 Å². The molecule has 1 aromatic heterocycles. The minimum atomic E-state index is 0.437. The van der Waals surface area contributed by atoms with Crippen LogP contribution in [0.3, 0.4) is 0 Å². The third-order valence-corrected chi connectivity index (χ3v) is 4.35. The zero-order chi connectivity index (χ0) is 16.7. The van der Waals surface area contributed by atoms with E-state index in [9.17, 15) is 0 Å². The van der Waals surface area contributed by atoms with E-state index in [0.717, 1.165) is 45.8 Å². The van der Waals surface area contributed by atoms with Crippen LogP contribution in [0.5, 0.6) is 0 Å². The number of aromatic nitrogens is 1. The fourth-order valence-corrected chi connectivity index (χ4v) is 3.41. The molecule has 2 rings (SSSR count). The highest BCUT2D eigenvalue weighted by atomic mass is 15.2. The molecular formula is C19H34N4. The Kier molecular flexibility index (Phi) is 7.47. The first-order valence-corrected chi connectivity index (χ1v) is 9.13. The molecule has 23 heavy (non-hydrogen) atoms. The first-order valence-electron chi connectivity index (χ1n) is 9.13. The smallest absolute Gasteiger partial charge is 0.0490 e. The SMILES string of the molecule is CC(C)CN(CC(C)C)C(CN1CCNCC1)c1cccnc1. The van der Waals surface area contributed by atoms with Crippen LogP contribution >= 0.6 is 0 Å². The first kappa shape index (κ1) is 18.4. The van der Waals surface area contributed by atoms with Crippen LogP contribution < -0.4 is 5.32 Å². The van der Waals surface area contributed by atoms with E-state index in [2.05, 4.69) is 66.1 Å². The molecule has 0 amide bonds. The molecule has 1 N–H and O–H groups in total. The fourth-order valence-electron chi connectivity index (χ4n) is 3.41. The number of nitrogens with one attached hydrogen (secondary N) is 1. The third kappa shape index (κ3) is 6.21. The highest BCUT2D eigenvalue weighted by molar-refractivity contribution is 5.15. The average Bonchev–Trinajstić information content (AvgIpc) is 2.53. The van der Waals surface area contributed by atoms with E-state index in [1.165, 1.54) is 5.56 Å². The van der Waals surface area contributed by atoms with Crippen molar-refractivity contribution in [2.75, 3.05) is 45.8 Å². The zero-order valence-electron chi connectivity index (χ0n) is 15.3. The second-order valence-corrected chi connectivity index (χ2v) is 7.59. The largest absolute Gasteiger partial charge is 0.314 e. The lowest BCUT2D eigenvalue weighted by molar-refractivity contribution is 0.107. The van der Waals surface area contributed by atoms with Crippen molar-refractivity contribution < 1.29 is 0 Å². The van der Waals surface area contributed by atoms with Gasteiger partial charge in [-0.05, 0) is 23.5 Å². The molecule has 0 aromatic carbocycles. The van der Waals surface area contributed by atoms with E-state index in [1.807, 2.05) is 6.20 Å². The summed E-state index contributed by atoms with van der Waals surface area (Å²) >= 11 is 0. The monoisotopic (exact) mass is 318 g/mol. The highest BCUT2D eigenvalue weighted by Gasteiger charge is 2.25. The Bertz CT molecular complexity index is 416. The lowest BCUT2D eigenvalue weighted by atomic mass is 10.0. The summed E-state index contributed by atoms with van der Waals surface area (Å²) in [6.45, 7) is 17.2.